The molecule has 0 aliphatic carbocycles. The molecule has 0 saturated heterocycles. The minimum atomic E-state index is -3.45. The van der Waals surface area contributed by atoms with Crippen molar-refractivity contribution in [2.75, 3.05) is 7.05 Å². The zero-order valence-corrected chi connectivity index (χ0v) is 13.7. The Kier molecular flexibility index (Phi) is 4.39. The zero-order chi connectivity index (χ0) is 14.0. The lowest BCUT2D eigenvalue weighted by Gasteiger charge is -2.15. The van der Waals surface area contributed by atoms with Crippen LogP contribution in [0.3, 0.4) is 0 Å². The second-order valence-corrected chi connectivity index (χ2v) is 8.82. The van der Waals surface area contributed by atoms with E-state index in [2.05, 4.69) is 20.9 Å². The molecule has 0 N–H and O–H groups in total. The molecule has 19 heavy (non-hydrogen) atoms. The maximum Gasteiger partial charge on any atom is 0.252 e. The minimum Gasteiger partial charge on any atom is -0.257 e. The number of halogens is 1. The molecule has 0 spiro atoms. The van der Waals surface area contributed by atoms with Gasteiger partial charge in [-0.3, -0.25) is 4.98 Å². The van der Waals surface area contributed by atoms with Crippen molar-refractivity contribution < 1.29 is 8.42 Å². The number of thiophene rings is 1. The number of rotatable bonds is 4. The van der Waals surface area contributed by atoms with Gasteiger partial charge < -0.3 is 0 Å². The smallest absolute Gasteiger partial charge is 0.252 e. The van der Waals surface area contributed by atoms with Crippen LogP contribution >= 0.6 is 27.3 Å². The van der Waals surface area contributed by atoms with E-state index in [1.165, 1.54) is 15.6 Å². The number of aryl methyl sites for hydroxylation is 1. The Balaban J connectivity index is 2.22. The summed E-state index contributed by atoms with van der Waals surface area (Å²) in [6.07, 6.45) is 0. The van der Waals surface area contributed by atoms with E-state index < -0.39 is 10.0 Å². The van der Waals surface area contributed by atoms with E-state index in [0.29, 0.717) is 4.21 Å². The van der Waals surface area contributed by atoms with Gasteiger partial charge >= 0.3 is 0 Å². The average molecular weight is 361 g/mol. The molecule has 0 aliphatic heterocycles. The van der Waals surface area contributed by atoms with Gasteiger partial charge in [0.1, 0.15) is 4.21 Å². The van der Waals surface area contributed by atoms with Gasteiger partial charge in [0.2, 0.25) is 0 Å². The van der Waals surface area contributed by atoms with Gasteiger partial charge in [-0.15, -0.1) is 11.3 Å². The third-order valence-electron chi connectivity index (χ3n) is 2.54. The molecule has 2 heterocycles. The normalized spacial score (nSPS) is 12.0. The number of sulfonamides is 1. The lowest BCUT2D eigenvalue weighted by atomic mass is 10.3. The largest absolute Gasteiger partial charge is 0.257 e. The van der Waals surface area contributed by atoms with E-state index in [1.807, 2.05) is 25.1 Å². The first-order valence-electron chi connectivity index (χ1n) is 5.54. The summed E-state index contributed by atoms with van der Waals surface area (Å²) in [6.45, 7) is 2.15. The van der Waals surface area contributed by atoms with Crippen LogP contribution in [-0.2, 0) is 16.6 Å². The first kappa shape index (κ1) is 14.6. The average Bonchev–Trinajstić information content (AvgIpc) is 2.76. The van der Waals surface area contributed by atoms with Crippen molar-refractivity contribution in [2.45, 2.75) is 17.7 Å². The SMILES string of the molecule is Cc1cccc(CN(C)S(=O)(=O)c2ccc(Br)s2)n1. The van der Waals surface area contributed by atoms with Gasteiger partial charge in [0.05, 0.1) is 16.0 Å². The minimum absolute atomic E-state index is 0.263. The summed E-state index contributed by atoms with van der Waals surface area (Å²) in [5.41, 5.74) is 1.61. The monoisotopic (exact) mass is 360 g/mol. The van der Waals surface area contributed by atoms with Crippen LogP contribution in [0.4, 0.5) is 0 Å². The number of hydrogen-bond donors (Lipinski definition) is 0. The molecule has 4 nitrogen and oxygen atoms in total. The van der Waals surface area contributed by atoms with Gasteiger partial charge in [-0.2, -0.15) is 4.31 Å². The van der Waals surface area contributed by atoms with Crippen molar-refractivity contribution in [1.29, 1.82) is 0 Å². The molecule has 0 aromatic carbocycles. The molecule has 0 aliphatic rings. The molecule has 7 heteroatoms. The van der Waals surface area contributed by atoms with E-state index >= 15 is 0 Å². The van der Waals surface area contributed by atoms with Crippen LogP contribution in [0.1, 0.15) is 11.4 Å². The summed E-state index contributed by atoms with van der Waals surface area (Å²) in [5.74, 6) is 0. The van der Waals surface area contributed by atoms with Crippen LogP contribution in [0.15, 0.2) is 38.3 Å². The Bertz CT molecular complexity index is 683. The molecule has 2 aromatic rings. The fourth-order valence-electron chi connectivity index (χ4n) is 1.59. The molecule has 0 amide bonds. The third-order valence-corrected chi connectivity index (χ3v) is 6.44. The molecule has 0 atom stereocenters. The fourth-order valence-corrected chi connectivity index (χ4v) is 4.95. The second-order valence-electron chi connectivity index (χ2n) is 4.09. The Morgan fingerprint density at radius 3 is 2.63 bits per heavy atom. The second kappa shape index (κ2) is 5.70. The molecule has 0 unspecified atom stereocenters. The molecule has 0 fully saturated rings. The highest BCUT2D eigenvalue weighted by atomic mass is 79.9. The number of hydrogen-bond acceptors (Lipinski definition) is 4. The van der Waals surface area contributed by atoms with Crippen LogP contribution < -0.4 is 0 Å². The Labute approximate surface area is 125 Å². The first-order valence-corrected chi connectivity index (χ1v) is 8.59. The summed E-state index contributed by atoms with van der Waals surface area (Å²) in [5, 5.41) is 0. The molecular formula is C12H13BrN2O2S2. The van der Waals surface area contributed by atoms with Gasteiger partial charge in [0.15, 0.2) is 0 Å². The Morgan fingerprint density at radius 1 is 1.32 bits per heavy atom. The predicted octanol–water partition coefficient (Wildman–Crippen LogP) is 3.03. The van der Waals surface area contributed by atoms with E-state index in [1.54, 1.807) is 19.2 Å². The van der Waals surface area contributed by atoms with Gasteiger partial charge in [-0.05, 0) is 47.1 Å². The van der Waals surface area contributed by atoms with Crippen LogP contribution in [0.2, 0.25) is 0 Å². The van der Waals surface area contributed by atoms with Gasteiger partial charge in [-0.25, -0.2) is 8.42 Å². The van der Waals surface area contributed by atoms with Gasteiger partial charge in [-0.1, -0.05) is 6.07 Å². The predicted molar refractivity (Wildman–Crippen MR) is 79.6 cm³/mol. The lowest BCUT2D eigenvalue weighted by Crippen LogP contribution is -2.26. The van der Waals surface area contributed by atoms with Crippen LogP contribution in [0, 0.1) is 6.92 Å². The van der Waals surface area contributed by atoms with Gasteiger partial charge in [0, 0.05) is 12.7 Å². The highest BCUT2D eigenvalue weighted by molar-refractivity contribution is 9.11. The highest BCUT2D eigenvalue weighted by Crippen LogP contribution is 2.28. The lowest BCUT2D eigenvalue weighted by molar-refractivity contribution is 0.463. The molecular weight excluding hydrogens is 348 g/mol. The van der Waals surface area contributed by atoms with Gasteiger partial charge in [0.25, 0.3) is 10.0 Å². The molecule has 0 bridgehead atoms. The number of aromatic nitrogens is 1. The van der Waals surface area contributed by atoms with Crippen LogP contribution in [0.25, 0.3) is 0 Å². The maximum absolute atomic E-state index is 12.3. The van der Waals surface area contributed by atoms with Crippen molar-refractivity contribution in [1.82, 2.24) is 9.29 Å². The van der Waals surface area contributed by atoms with Crippen molar-refractivity contribution in [2.24, 2.45) is 0 Å². The molecule has 0 saturated carbocycles. The summed E-state index contributed by atoms with van der Waals surface area (Å²) >= 11 is 4.48. The molecule has 0 radical (unpaired) electrons. The Hall–Kier alpha value is -0.760. The van der Waals surface area contributed by atoms with E-state index in [-0.39, 0.29) is 6.54 Å². The standard InChI is InChI=1S/C12H13BrN2O2S2/c1-9-4-3-5-10(14-9)8-15(2)19(16,17)12-7-6-11(13)18-12/h3-7H,8H2,1-2H3. The molecule has 102 valence electrons. The van der Waals surface area contributed by atoms with Crippen molar-refractivity contribution in [3.63, 3.8) is 0 Å². The Morgan fingerprint density at radius 2 is 2.05 bits per heavy atom. The van der Waals surface area contributed by atoms with Crippen molar-refractivity contribution >= 4 is 37.3 Å². The van der Waals surface area contributed by atoms with Crippen molar-refractivity contribution in [3.05, 3.63) is 45.5 Å². The van der Waals surface area contributed by atoms with E-state index in [0.717, 1.165) is 15.2 Å². The summed E-state index contributed by atoms with van der Waals surface area (Å²) < 4.78 is 27.1. The number of pyridine rings is 1. The van der Waals surface area contributed by atoms with E-state index in [9.17, 15) is 8.42 Å². The van der Waals surface area contributed by atoms with E-state index in [4.69, 9.17) is 0 Å². The van der Waals surface area contributed by atoms with Crippen LogP contribution in [0.5, 0.6) is 0 Å². The summed E-state index contributed by atoms with van der Waals surface area (Å²) in [7, 11) is -1.88. The third kappa shape index (κ3) is 3.42. The first-order chi connectivity index (χ1) is 8.89. The van der Waals surface area contributed by atoms with Crippen molar-refractivity contribution in [3.8, 4) is 0 Å². The zero-order valence-electron chi connectivity index (χ0n) is 10.5. The quantitative estimate of drug-likeness (QED) is 0.841. The van der Waals surface area contributed by atoms with Crippen LogP contribution in [-0.4, -0.2) is 24.8 Å². The molecule has 2 aromatic heterocycles. The number of nitrogens with zero attached hydrogens (tertiary/aromatic N) is 2. The topological polar surface area (TPSA) is 50.3 Å². The summed E-state index contributed by atoms with van der Waals surface area (Å²) in [6, 6.07) is 8.91. The fraction of sp³-hybridized carbons (Fsp3) is 0.250. The highest BCUT2D eigenvalue weighted by Gasteiger charge is 2.23. The summed E-state index contributed by atoms with van der Waals surface area (Å²) in [4.78, 5) is 4.31. The maximum atomic E-state index is 12.3. The molecule has 2 rings (SSSR count).